The fourth-order valence-corrected chi connectivity index (χ4v) is 1.73. The van der Waals surface area contributed by atoms with Crippen LogP contribution < -0.4 is 9.47 Å². The Bertz CT molecular complexity index is 413. The average Bonchev–Trinajstić information content (AvgIpc) is 2.26. The van der Waals surface area contributed by atoms with E-state index in [1.165, 1.54) is 0 Å². The summed E-state index contributed by atoms with van der Waals surface area (Å²) in [5.41, 5.74) is 1.50. The van der Waals surface area contributed by atoms with Gasteiger partial charge in [0.2, 0.25) is 0 Å². The van der Waals surface area contributed by atoms with Crippen molar-refractivity contribution in [1.29, 1.82) is 0 Å². The van der Waals surface area contributed by atoms with Crippen molar-refractivity contribution in [2.75, 3.05) is 34.9 Å². The first kappa shape index (κ1) is 13.5. The van der Waals surface area contributed by atoms with Crippen LogP contribution in [-0.2, 0) is 0 Å². The number of Topliss-reactive ketones (excluding diaryl/α,β-unsaturated/α-hetero) is 1. The SMILES string of the molecule is COc1cc(C)c(C(=O)CN(C)C)c(OC)c1. The Morgan fingerprint density at radius 1 is 1.24 bits per heavy atom. The third-order valence-corrected chi connectivity index (χ3v) is 2.47. The number of hydrogen-bond acceptors (Lipinski definition) is 4. The molecule has 0 saturated heterocycles. The van der Waals surface area contributed by atoms with Crippen molar-refractivity contribution in [2.24, 2.45) is 0 Å². The molecule has 0 aliphatic heterocycles. The number of benzene rings is 1. The van der Waals surface area contributed by atoms with Gasteiger partial charge in [0.1, 0.15) is 11.5 Å². The lowest BCUT2D eigenvalue weighted by atomic mass is 10.0. The molecule has 0 bridgehead atoms. The first-order chi connectivity index (χ1) is 7.99. The zero-order valence-corrected chi connectivity index (χ0v) is 11.0. The largest absolute Gasteiger partial charge is 0.497 e. The minimum Gasteiger partial charge on any atom is -0.497 e. The number of ether oxygens (including phenoxy) is 2. The first-order valence-electron chi connectivity index (χ1n) is 5.40. The monoisotopic (exact) mass is 237 g/mol. The number of rotatable bonds is 5. The Morgan fingerprint density at radius 2 is 1.88 bits per heavy atom. The Morgan fingerprint density at radius 3 is 2.35 bits per heavy atom. The van der Waals surface area contributed by atoms with E-state index in [1.807, 2.05) is 32.0 Å². The molecule has 0 atom stereocenters. The molecule has 94 valence electrons. The van der Waals surface area contributed by atoms with E-state index in [-0.39, 0.29) is 5.78 Å². The van der Waals surface area contributed by atoms with Crippen molar-refractivity contribution in [3.05, 3.63) is 23.3 Å². The highest BCUT2D eigenvalue weighted by Crippen LogP contribution is 2.28. The molecule has 0 aliphatic carbocycles. The number of methoxy groups -OCH3 is 2. The van der Waals surface area contributed by atoms with E-state index in [2.05, 4.69) is 0 Å². The molecule has 0 unspecified atom stereocenters. The average molecular weight is 237 g/mol. The van der Waals surface area contributed by atoms with Gasteiger partial charge >= 0.3 is 0 Å². The Kier molecular flexibility index (Phi) is 4.52. The second kappa shape index (κ2) is 5.68. The van der Waals surface area contributed by atoms with Crippen LogP contribution in [0.4, 0.5) is 0 Å². The molecule has 0 N–H and O–H groups in total. The normalized spacial score (nSPS) is 10.5. The molecule has 1 rings (SSSR count). The van der Waals surface area contributed by atoms with Gasteiger partial charge in [0.25, 0.3) is 0 Å². The highest BCUT2D eigenvalue weighted by atomic mass is 16.5. The maximum absolute atomic E-state index is 12.1. The zero-order valence-electron chi connectivity index (χ0n) is 11.0. The summed E-state index contributed by atoms with van der Waals surface area (Å²) in [5, 5.41) is 0. The number of carbonyl (C=O) groups excluding carboxylic acids is 1. The zero-order chi connectivity index (χ0) is 13.0. The molecule has 0 saturated carbocycles. The number of ketones is 1. The number of nitrogens with zero attached hydrogens (tertiary/aromatic N) is 1. The van der Waals surface area contributed by atoms with Crippen LogP contribution in [0.5, 0.6) is 11.5 Å². The van der Waals surface area contributed by atoms with Crippen LogP contribution in [-0.4, -0.2) is 45.5 Å². The standard InChI is InChI=1S/C13H19NO3/c1-9-6-10(16-4)7-12(17-5)13(9)11(15)8-14(2)3/h6-7H,8H2,1-5H3. The molecule has 0 aromatic heterocycles. The summed E-state index contributed by atoms with van der Waals surface area (Å²) in [6.45, 7) is 2.25. The van der Waals surface area contributed by atoms with Gasteiger partial charge in [-0.2, -0.15) is 0 Å². The summed E-state index contributed by atoms with van der Waals surface area (Å²) in [6.07, 6.45) is 0. The predicted molar refractivity (Wildman–Crippen MR) is 67.2 cm³/mol. The third kappa shape index (κ3) is 3.20. The Balaban J connectivity index is 3.18. The first-order valence-corrected chi connectivity index (χ1v) is 5.40. The van der Waals surface area contributed by atoms with Crippen molar-refractivity contribution in [3.63, 3.8) is 0 Å². The number of likely N-dealkylation sites (N-methyl/N-ethyl adjacent to an activating group) is 1. The van der Waals surface area contributed by atoms with Gasteiger partial charge < -0.3 is 14.4 Å². The second-order valence-electron chi connectivity index (χ2n) is 4.18. The maximum Gasteiger partial charge on any atom is 0.180 e. The summed E-state index contributed by atoms with van der Waals surface area (Å²) < 4.78 is 10.4. The Labute approximate surface area is 102 Å². The minimum absolute atomic E-state index is 0.0482. The van der Waals surface area contributed by atoms with Crippen LogP contribution in [0.15, 0.2) is 12.1 Å². The van der Waals surface area contributed by atoms with Crippen LogP contribution in [0.25, 0.3) is 0 Å². The van der Waals surface area contributed by atoms with Crippen molar-refractivity contribution in [1.82, 2.24) is 4.90 Å². The maximum atomic E-state index is 12.1. The lowest BCUT2D eigenvalue weighted by Crippen LogP contribution is -2.22. The summed E-state index contributed by atoms with van der Waals surface area (Å²) >= 11 is 0. The molecule has 0 amide bonds. The van der Waals surface area contributed by atoms with E-state index in [0.717, 1.165) is 5.56 Å². The molecule has 0 fully saturated rings. The summed E-state index contributed by atoms with van der Waals surface area (Å²) in [7, 11) is 6.88. The van der Waals surface area contributed by atoms with E-state index in [0.29, 0.717) is 23.6 Å². The molecule has 17 heavy (non-hydrogen) atoms. The van der Waals surface area contributed by atoms with Crippen LogP contribution in [0.3, 0.4) is 0 Å². The van der Waals surface area contributed by atoms with Crippen molar-refractivity contribution >= 4 is 5.78 Å². The van der Waals surface area contributed by atoms with Gasteiger partial charge in [-0.1, -0.05) is 0 Å². The molecule has 0 radical (unpaired) electrons. The van der Waals surface area contributed by atoms with Gasteiger partial charge in [-0.3, -0.25) is 4.79 Å². The van der Waals surface area contributed by atoms with Gasteiger partial charge in [-0.15, -0.1) is 0 Å². The van der Waals surface area contributed by atoms with E-state index < -0.39 is 0 Å². The molecule has 1 aromatic rings. The van der Waals surface area contributed by atoms with Crippen molar-refractivity contribution in [3.8, 4) is 11.5 Å². The quantitative estimate of drug-likeness (QED) is 0.731. The molecule has 4 nitrogen and oxygen atoms in total. The fourth-order valence-electron chi connectivity index (χ4n) is 1.73. The minimum atomic E-state index is 0.0482. The molecule has 1 aromatic carbocycles. The van der Waals surface area contributed by atoms with Crippen molar-refractivity contribution < 1.29 is 14.3 Å². The molecular weight excluding hydrogens is 218 g/mol. The highest BCUT2D eigenvalue weighted by Gasteiger charge is 2.17. The van der Waals surface area contributed by atoms with E-state index in [9.17, 15) is 4.79 Å². The van der Waals surface area contributed by atoms with Crippen LogP contribution in [0.2, 0.25) is 0 Å². The van der Waals surface area contributed by atoms with E-state index in [1.54, 1.807) is 20.3 Å². The smallest absolute Gasteiger partial charge is 0.180 e. The van der Waals surface area contributed by atoms with Crippen LogP contribution in [0, 0.1) is 6.92 Å². The summed E-state index contributed by atoms with van der Waals surface area (Å²) in [6, 6.07) is 3.57. The Hall–Kier alpha value is -1.55. The van der Waals surface area contributed by atoms with Crippen LogP contribution in [0.1, 0.15) is 15.9 Å². The molecule has 0 heterocycles. The predicted octanol–water partition coefficient (Wildman–Crippen LogP) is 1.76. The molecule has 4 heteroatoms. The lowest BCUT2D eigenvalue weighted by molar-refractivity contribution is 0.0954. The number of hydrogen-bond donors (Lipinski definition) is 0. The van der Waals surface area contributed by atoms with Gasteiger partial charge in [-0.25, -0.2) is 0 Å². The van der Waals surface area contributed by atoms with Crippen molar-refractivity contribution in [2.45, 2.75) is 6.92 Å². The van der Waals surface area contributed by atoms with Gasteiger partial charge in [0.05, 0.1) is 26.3 Å². The highest BCUT2D eigenvalue weighted by molar-refractivity contribution is 6.01. The lowest BCUT2D eigenvalue weighted by Gasteiger charge is -2.15. The summed E-state index contributed by atoms with van der Waals surface area (Å²) in [4.78, 5) is 13.9. The summed E-state index contributed by atoms with van der Waals surface area (Å²) in [5.74, 6) is 1.31. The van der Waals surface area contributed by atoms with Gasteiger partial charge in [-0.05, 0) is 32.6 Å². The van der Waals surface area contributed by atoms with Gasteiger partial charge in [0, 0.05) is 6.07 Å². The van der Waals surface area contributed by atoms with E-state index in [4.69, 9.17) is 9.47 Å². The van der Waals surface area contributed by atoms with Crippen LogP contribution >= 0.6 is 0 Å². The molecular formula is C13H19NO3. The number of aryl methyl sites for hydroxylation is 1. The van der Waals surface area contributed by atoms with E-state index >= 15 is 0 Å². The molecule has 0 aliphatic rings. The fraction of sp³-hybridized carbons (Fsp3) is 0.462. The number of carbonyl (C=O) groups is 1. The van der Waals surface area contributed by atoms with Gasteiger partial charge in [0.15, 0.2) is 5.78 Å². The second-order valence-corrected chi connectivity index (χ2v) is 4.18. The third-order valence-electron chi connectivity index (χ3n) is 2.47. The molecule has 0 spiro atoms. The topological polar surface area (TPSA) is 38.8 Å².